The zero-order chi connectivity index (χ0) is 31.1. The Morgan fingerprint density at radius 2 is 0.696 bits per heavy atom. The molecular weight excluding hydrogens is 576 g/mol. The van der Waals surface area contributed by atoms with E-state index in [4.69, 9.17) is 18.9 Å². The van der Waals surface area contributed by atoms with Crippen LogP contribution in [0, 0.1) is 0 Å². The number of benzene rings is 6. The summed E-state index contributed by atoms with van der Waals surface area (Å²) in [7, 11) is 0. The maximum atomic E-state index is 13.7. The van der Waals surface area contributed by atoms with Crippen molar-refractivity contribution in [3.63, 3.8) is 0 Å². The second-order valence-electron chi connectivity index (χ2n) is 11.1. The number of hydrogen-bond donors (Lipinski definition) is 0. The summed E-state index contributed by atoms with van der Waals surface area (Å²) < 4.78 is 25.3. The van der Waals surface area contributed by atoms with E-state index in [1.165, 1.54) is 0 Å². The molecule has 0 aliphatic carbocycles. The van der Waals surface area contributed by atoms with E-state index in [0.717, 1.165) is 0 Å². The first kappa shape index (κ1) is 27.4. The Hall–Kier alpha value is -6.14. The molecule has 8 rings (SSSR count). The standard InChI is InChI=1S/C40H26O6/c41-37-33-15-7-9-17-35(33)39(45-37,27-19-23-31(24-20-27)43-29-11-3-1-4-12-29)40(36-18-10-8-16-34(36)38(42)46-40)28-21-25-32(26-22-28)44-30-13-5-2-6-14-30/h1-26H. The van der Waals surface area contributed by atoms with Crippen LogP contribution in [-0.2, 0) is 20.7 Å². The van der Waals surface area contributed by atoms with E-state index in [9.17, 15) is 9.59 Å². The van der Waals surface area contributed by atoms with E-state index in [-0.39, 0.29) is 0 Å². The predicted octanol–water partition coefficient (Wildman–Crippen LogP) is 8.80. The van der Waals surface area contributed by atoms with Crippen molar-refractivity contribution in [2.45, 2.75) is 11.2 Å². The Balaban J connectivity index is 1.34. The highest BCUT2D eigenvalue weighted by Crippen LogP contribution is 2.61. The molecule has 0 saturated carbocycles. The third-order valence-electron chi connectivity index (χ3n) is 8.52. The fourth-order valence-corrected chi connectivity index (χ4v) is 6.56. The first-order valence-corrected chi connectivity index (χ1v) is 14.9. The van der Waals surface area contributed by atoms with E-state index < -0.39 is 23.1 Å². The van der Waals surface area contributed by atoms with Gasteiger partial charge >= 0.3 is 11.9 Å². The number of rotatable bonds is 7. The minimum atomic E-state index is -1.59. The van der Waals surface area contributed by atoms with Crippen LogP contribution >= 0.6 is 0 Å². The Kier molecular flexibility index (Phi) is 6.43. The molecule has 6 heteroatoms. The summed E-state index contributed by atoms with van der Waals surface area (Å²) in [4.78, 5) is 27.5. The predicted molar refractivity (Wildman–Crippen MR) is 171 cm³/mol. The topological polar surface area (TPSA) is 71.1 Å². The Morgan fingerprint density at radius 1 is 0.370 bits per heavy atom. The number of esters is 2. The number of ether oxygens (including phenoxy) is 4. The number of hydrogen-bond acceptors (Lipinski definition) is 6. The monoisotopic (exact) mass is 602 g/mol. The van der Waals surface area contributed by atoms with Gasteiger partial charge in [0.05, 0.1) is 11.1 Å². The van der Waals surface area contributed by atoms with Gasteiger partial charge in [-0.3, -0.25) is 0 Å². The first-order chi connectivity index (χ1) is 22.6. The molecule has 0 N–H and O–H groups in total. The summed E-state index contributed by atoms with van der Waals surface area (Å²) in [5, 5.41) is 0. The van der Waals surface area contributed by atoms with Gasteiger partial charge in [-0.15, -0.1) is 0 Å². The summed E-state index contributed by atoms with van der Waals surface area (Å²) in [6.07, 6.45) is 0. The molecule has 0 spiro atoms. The molecule has 0 amide bonds. The Morgan fingerprint density at radius 3 is 1.09 bits per heavy atom. The van der Waals surface area contributed by atoms with Gasteiger partial charge in [0.2, 0.25) is 11.2 Å². The maximum Gasteiger partial charge on any atom is 0.339 e. The fraction of sp³-hybridized carbons (Fsp3) is 0.0500. The molecule has 46 heavy (non-hydrogen) atoms. The average molecular weight is 603 g/mol. The highest BCUT2D eigenvalue weighted by Gasteiger charge is 2.68. The molecule has 2 aliphatic heterocycles. The molecule has 6 nitrogen and oxygen atoms in total. The van der Waals surface area contributed by atoms with Crippen molar-refractivity contribution in [2.75, 3.05) is 0 Å². The molecular formula is C40H26O6. The van der Waals surface area contributed by atoms with Crippen molar-refractivity contribution >= 4 is 11.9 Å². The lowest BCUT2D eigenvalue weighted by Gasteiger charge is -2.45. The second-order valence-corrected chi connectivity index (χ2v) is 11.1. The van der Waals surface area contributed by atoms with Crippen molar-refractivity contribution in [3.8, 4) is 23.0 Å². The SMILES string of the molecule is O=C1OC(c2ccc(Oc3ccccc3)cc2)(C2(c3ccc(Oc4ccccc4)cc3)OC(=O)c3ccccc32)c2ccccc21. The fourth-order valence-electron chi connectivity index (χ4n) is 6.56. The molecule has 2 unspecified atom stereocenters. The number of para-hydroxylation sites is 2. The third kappa shape index (κ3) is 4.19. The van der Waals surface area contributed by atoms with E-state index in [1.54, 1.807) is 24.3 Å². The minimum absolute atomic E-state index is 0.399. The van der Waals surface area contributed by atoms with E-state index in [2.05, 4.69) is 0 Å². The van der Waals surface area contributed by atoms with Crippen LogP contribution in [0.4, 0.5) is 0 Å². The first-order valence-electron chi connectivity index (χ1n) is 14.9. The zero-order valence-corrected chi connectivity index (χ0v) is 24.5. The molecule has 2 aliphatic rings. The lowest BCUT2D eigenvalue weighted by atomic mass is 9.66. The van der Waals surface area contributed by atoms with Gasteiger partial charge in [-0.05, 0) is 60.7 Å². The zero-order valence-electron chi connectivity index (χ0n) is 24.5. The molecule has 2 heterocycles. The van der Waals surface area contributed by atoms with Crippen molar-refractivity contribution in [1.82, 2.24) is 0 Å². The van der Waals surface area contributed by atoms with Crippen LogP contribution in [0.15, 0.2) is 158 Å². The van der Waals surface area contributed by atoms with Gasteiger partial charge in [0.15, 0.2) is 0 Å². The van der Waals surface area contributed by atoms with Crippen molar-refractivity contribution in [2.24, 2.45) is 0 Å². The molecule has 0 saturated heterocycles. The van der Waals surface area contributed by atoms with Crippen molar-refractivity contribution in [3.05, 3.63) is 191 Å². The quantitative estimate of drug-likeness (QED) is 0.170. The highest BCUT2D eigenvalue weighted by molar-refractivity contribution is 5.99. The molecule has 0 bridgehead atoms. The highest BCUT2D eigenvalue weighted by atomic mass is 16.6. The van der Waals surface area contributed by atoms with E-state index in [1.807, 2.05) is 133 Å². The normalized spacial score (nSPS) is 19.5. The van der Waals surface area contributed by atoms with Gasteiger partial charge in [-0.25, -0.2) is 9.59 Å². The summed E-state index contributed by atoms with van der Waals surface area (Å²) in [5.74, 6) is 1.56. The molecule has 6 aromatic rings. The van der Waals surface area contributed by atoms with Crippen LogP contribution in [0.5, 0.6) is 23.0 Å². The van der Waals surface area contributed by atoms with Gasteiger partial charge in [-0.2, -0.15) is 0 Å². The number of cyclic esters (lactones) is 2. The van der Waals surface area contributed by atoms with Gasteiger partial charge in [-0.1, -0.05) is 97.1 Å². The molecule has 0 aromatic heterocycles. The van der Waals surface area contributed by atoms with Gasteiger partial charge in [0.1, 0.15) is 23.0 Å². The van der Waals surface area contributed by atoms with Gasteiger partial charge in [0, 0.05) is 22.3 Å². The van der Waals surface area contributed by atoms with Crippen LogP contribution in [0.2, 0.25) is 0 Å². The molecule has 222 valence electrons. The van der Waals surface area contributed by atoms with Crippen LogP contribution < -0.4 is 9.47 Å². The molecule has 0 radical (unpaired) electrons. The van der Waals surface area contributed by atoms with Crippen LogP contribution in [0.1, 0.15) is 43.0 Å². The number of carbonyl (C=O) groups is 2. The van der Waals surface area contributed by atoms with Crippen LogP contribution in [-0.4, -0.2) is 11.9 Å². The third-order valence-corrected chi connectivity index (χ3v) is 8.52. The van der Waals surface area contributed by atoms with Crippen molar-refractivity contribution in [1.29, 1.82) is 0 Å². The minimum Gasteiger partial charge on any atom is -0.457 e. The number of carbonyl (C=O) groups excluding carboxylic acids is 2. The largest absolute Gasteiger partial charge is 0.457 e. The van der Waals surface area contributed by atoms with Crippen molar-refractivity contribution < 1.29 is 28.5 Å². The Bertz CT molecular complexity index is 1920. The van der Waals surface area contributed by atoms with E-state index in [0.29, 0.717) is 56.4 Å². The molecule has 2 atom stereocenters. The lowest BCUT2D eigenvalue weighted by Crippen LogP contribution is -2.51. The lowest BCUT2D eigenvalue weighted by molar-refractivity contribution is -0.112. The molecule has 0 fully saturated rings. The van der Waals surface area contributed by atoms with Gasteiger partial charge < -0.3 is 18.9 Å². The summed E-state index contributed by atoms with van der Waals surface area (Å²) >= 11 is 0. The summed E-state index contributed by atoms with van der Waals surface area (Å²) in [6.45, 7) is 0. The Labute approximate surface area is 265 Å². The van der Waals surface area contributed by atoms with Gasteiger partial charge in [0.25, 0.3) is 0 Å². The summed E-state index contributed by atoms with van der Waals surface area (Å²) in [6, 6.07) is 48.2. The van der Waals surface area contributed by atoms with Crippen LogP contribution in [0.25, 0.3) is 0 Å². The maximum absolute atomic E-state index is 13.7. The number of fused-ring (bicyclic) bond motifs is 2. The summed E-state index contributed by atoms with van der Waals surface area (Å²) in [5.41, 5.74) is 0.0238. The molecule has 6 aromatic carbocycles. The second kappa shape index (κ2) is 10.8. The average Bonchev–Trinajstić information content (AvgIpc) is 3.59. The van der Waals surface area contributed by atoms with Crippen LogP contribution in [0.3, 0.4) is 0 Å². The smallest absolute Gasteiger partial charge is 0.339 e. The van der Waals surface area contributed by atoms with E-state index >= 15 is 0 Å².